The molecule has 0 bridgehead atoms. The van der Waals surface area contributed by atoms with Crippen LogP contribution in [0.25, 0.3) is 16.7 Å². The molecular formula is C16H14N4. The van der Waals surface area contributed by atoms with Crippen LogP contribution in [0.3, 0.4) is 0 Å². The Morgan fingerprint density at radius 1 is 1.25 bits per heavy atom. The minimum Gasteiger partial charge on any atom is -0.399 e. The van der Waals surface area contributed by atoms with Gasteiger partial charge >= 0.3 is 0 Å². The maximum atomic E-state index is 9.29. The summed E-state index contributed by atoms with van der Waals surface area (Å²) in [5, 5.41) is 9.29. The van der Waals surface area contributed by atoms with Gasteiger partial charge < -0.3 is 5.73 Å². The van der Waals surface area contributed by atoms with Gasteiger partial charge in [-0.1, -0.05) is 19.1 Å². The molecule has 0 aliphatic rings. The number of hydrogen-bond acceptors (Lipinski definition) is 3. The van der Waals surface area contributed by atoms with Gasteiger partial charge in [-0.3, -0.25) is 4.57 Å². The van der Waals surface area contributed by atoms with E-state index < -0.39 is 0 Å². The van der Waals surface area contributed by atoms with Crippen LogP contribution in [-0.2, 0) is 6.42 Å². The standard InChI is InChI=1S/C16H14N4/c1-2-16-19-13-9-12(18)7-8-15(13)20(16)14-6-4-3-5-11(14)10-17/h3-9H,2,18H2,1H3. The number of anilines is 1. The summed E-state index contributed by atoms with van der Waals surface area (Å²) in [6.07, 6.45) is 0.786. The SMILES string of the molecule is CCc1nc2cc(N)ccc2n1-c1ccccc1C#N. The number of fused-ring (bicyclic) bond motifs is 1. The van der Waals surface area contributed by atoms with Crippen molar-refractivity contribution in [1.29, 1.82) is 5.26 Å². The van der Waals surface area contributed by atoms with Gasteiger partial charge in [-0.25, -0.2) is 4.98 Å². The van der Waals surface area contributed by atoms with Gasteiger partial charge in [0.1, 0.15) is 11.9 Å². The number of nitrogens with zero attached hydrogens (tertiary/aromatic N) is 3. The van der Waals surface area contributed by atoms with Crippen LogP contribution < -0.4 is 5.73 Å². The fourth-order valence-electron chi connectivity index (χ4n) is 2.42. The van der Waals surface area contributed by atoms with Crippen molar-refractivity contribution in [3.05, 3.63) is 53.9 Å². The Hall–Kier alpha value is -2.80. The highest BCUT2D eigenvalue weighted by molar-refractivity contribution is 5.82. The van der Waals surface area contributed by atoms with E-state index in [1.165, 1.54) is 0 Å². The Morgan fingerprint density at radius 2 is 2.05 bits per heavy atom. The molecule has 1 aromatic heterocycles. The van der Waals surface area contributed by atoms with Crippen LogP contribution >= 0.6 is 0 Å². The monoisotopic (exact) mass is 262 g/mol. The molecule has 0 aliphatic carbocycles. The summed E-state index contributed by atoms with van der Waals surface area (Å²) in [6, 6.07) is 15.5. The molecule has 3 rings (SSSR count). The largest absolute Gasteiger partial charge is 0.399 e. The third kappa shape index (κ3) is 1.81. The van der Waals surface area contributed by atoms with Gasteiger partial charge in [-0.2, -0.15) is 5.26 Å². The normalized spacial score (nSPS) is 10.6. The molecule has 0 atom stereocenters. The van der Waals surface area contributed by atoms with Crippen LogP contribution in [0.4, 0.5) is 5.69 Å². The predicted octanol–water partition coefficient (Wildman–Crippen LogP) is 3.04. The predicted molar refractivity (Wildman–Crippen MR) is 79.6 cm³/mol. The smallest absolute Gasteiger partial charge is 0.114 e. The van der Waals surface area contributed by atoms with E-state index in [4.69, 9.17) is 5.73 Å². The highest BCUT2D eigenvalue weighted by Crippen LogP contribution is 2.25. The Bertz CT molecular complexity index is 824. The van der Waals surface area contributed by atoms with Crippen LogP contribution in [0.5, 0.6) is 0 Å². The molecule has 98 valence electrons. The van der Waals surface area contributed by atoms with E-state index in [-0.39, 0.29) is 0 Å². The lowest BCUT2D eigenvalue weighted by atomic mass is 10.2. The van der Waals surface area contributed by atoms with Gasteiger partial charge in [-0.05, 0) is 30.3 Å². The van der Waals surface area contributed by atoms with Crippen molar-refractivity contribution < 1.29 is 0 Å². The summed E-state index contributed by atoms with van der Waals surface area (Å²) in [4.78, 5) is 4.62. The van der Waals surface area contributed by atoms with E-state index in [0.29, 0.717) is 11.3 Å². The van der Waals surface area contributed by atoms with Crippen molar-refractivity contribution in [2.75, 3.05) is 5.73 Å². The van der Waals surface area contributed by atoms with Crippen molar-refractivity contribution in [2.45, 2.75) is 13.3 Å². The second-order valence-electron chi connectivity index (χ2n) is 4.59. The van der Waals surface area contributed by atoms with Crippen LogP contribution in [0.2, 0.25) is 0 Å². The van der Waals surface area contributed by atoms with E-state index in [1.54, 1.807) is 0 Å². The number of aryl methyl sites for hydroxylation is 1. The summed E-state index contributed by atoms with van der Waals surface area (Å²) >= 11 is 0. The molecule has 0 radical (unpaired) electrons. The fraction of sp³-hybridized carbons (Fsp3) is 0.125. The van der Waals surface area contributed by atoms with E-state index in [9.17, 15) is 5.26 Å². The average molecular weight is 262 g/mol. The molecule has 0 amide bonds. The maximum absolute atomic E-state index is 9.29. The van der Waals surface area contributed by atoms with Gasteiger partial charge in [0.05, 0.1) is 22.3 Å². The lowest BCUT2D eigenvalue weighted by molar-refractivity contribution is 0.906. The number of benzene rings is 2. The second-order valence-corrected chi connectivity index (χ2v) is 4.59. The van der Waals surface area contributed by atoms with Crippen molar-refractivity contribution in [3.8, 4) is 11.8 Å². The summed E-state index contributed by atoms with van der Waals surface area (Å²) in [7, 11) is 0. The Kier molecular flexibility index (Phi) is 2.88. The molecule has 2 N–H and O–H groups in total. The minimum absolute atomic E-state index is 0.637. The number of nitrogen functional groups attached to an aromatic ring is 1. The number of para-hydroxylation sites is 1. The van der Waals surface area contributed by atoms with Crippen LogP contribution in [0.15, 0.2) is 42.5 Å². The Balaban J connectivity index is 2.38. The van der Waals surface area contributed by atoms with Crippen molar-refractivity contribution in [1.82, 2.24) is 9.55 Å². The van der Waals surface area contributed by atoms with Gasteiger partial charge in [-0.15, -0.1) is 0 Å². The summed E-state index contributed by atoms with van der Waals surface area (Å²) in [6.45, 7) is 2.05. The third-order valence-corrected chi connectivity index (χ3v) is 3.33. The fourth-order valence-corrected chi connectivity index (χ4v) is 2.42. The zero-order valence-electron chi connectivity index (χ0n) is 11.2. The minimum atomic E-state index is 0.637. The highest BCUT2D eigenvalue weighted by Gasteiger charge is 2.13. The Labute approximate surface area is 117 Å². The molecule has 4 nitrogen and oxygen atoms in total. The van der Waals surface area contributed by atoms with Crippen LogP contribution in [0, 0.1) is 11.3 Å². The van der Waals surface area contributed by atoms with Crippen molar-refractivity contribution in [2.24, 2.45) is 0 Å². The molecule has 0 unspecified atom stereocenters. The molecule has 20 heavy (non-hydrogen) atoms. The molecule has 4 heteroatoms. The lowest BCUT2D eigenvalue weighted by Crippen LogP contribution is -2.02. The molecule has 3 aromatic rings. The summed E-state index contributed by atoms with van der Waals surface area (Å²) in [5.74, 6) is 0.924. The summed E-state index contributed by atoms with van der Waals surface area (Å²) in [5.41, 5.74) is 9.84. The maximum Gasteiger partial charge on any atom is 0.114 e. The molecule has 0 saturated carbocycles. The zero-order valence-corrected chi connectivity index (χ0v) is 11.2. The van der Waals surface area contributed by atoms with E-state index in [2.05, 4.69) is 18.0 Å². The molecule has 0 spiro atoms. The number of imidazole rings is 1. The van der Waals surface area contributed by atoms with Crippen molar-refractivity contribution >= 4 is 16.7 Å². The zero-order chi connectivity index (χ0) is 14.1. The molecule has 1 heterocycles. The van der Waals surface area contributed by atoms with Crippen LogP contribution in [0.1, 0.15) is 18.3 Å². The quantitative estimate of drug-likeness (QED) is 0.722. The van der Waals surface area contributed by atoms with Gasteiger partial charge in [0.15, 0.2) is 0 Å². The van der Waals surface area contributed by atoms with Gasteiger partial charge in [0.25, 0.3) is 0 Å². The number of rotatable bonds is 2. The Morgan fingerprint density at radius 3 is 2.80 bits per heavy atom. The first-order valence-corrected chi connectivity index (χ1v) is 6.51. The highest BCUT2D eigenvalue weighted by atomic mass is 15.1. The first-order chi connectivity index (χ1) is 9.74. The third-order valence-electron chi connectivity index (χ3n) is 3.33. The number of nitriles is 1. The summed E-state index contributed by atoms with van der Waals surface area (Å²) < 4.78 is 2.04. The molecular weight excluding hydrogens is 248 g/mol. The number of hydrogen-bond donors (Lipinski definition) is 1. The number of aromatic nitrogens is 2. The topological polar surface area (TPSA) is 67.6 Å². The van der Waals surface area contributed by atoms with Crippen molar-refractivity contribution in [3.63, 3.8) is 0 Å². The van der Waals surface area contributed by atoms with E-state index in [0.717, 1.165) is 29.0 Å². The van der Waals surface area contributed by atoms with Crippen LogP contribution in [-0.4, -0.2) is 9.55 Å². The van der Waals surface area contributed by atoms with E-state index in [1.807, 2.05) is 47.0 Å². The lowest BCUT2D eigenvalue weighted by Gasteiger charge is -2.09. The number of nitrogens with two attached hydrogens (primary N) is 1. The van der Waals surface area contributed by atoms with Gasteiger partial charge in [0, 0.05) is 12.1 Å². The molecule has 0 saturated heterocycles. The van der Waals surface area contributed by atoms with Gasteiger partial charge in [0.2, 0.25) is 0 Å². The first kappa shape index (κ1) is 12.2. The molecule has 0 aliphatic heterocycles. The molecule has 0 fully saturated rings. The second kappa shape index (κ2) is 4.71. The first-order valence-electron chi connectivity index (χ1n) is 6.51. The van der Waals surface area contributed by atoms with E-state index >= 15 is 0 Å². The average Bonchev–Trinajstić information content (AvgIpc) is 2.84. The molecule has 2 aromatic carbocycles.